The molecule has 0 aromatic heterocycles. The molecule has 20 heavy (non-hydrogen) atoms. The maximum Gasteiger partial charge on any atom is 0.673 e. The molecular formula is C10H20BF4N2O3-. The van der Waals surface area contributed by atoms with Crippen molar-refractivity contribution < 1.29 is 32.3 Å². The van der Waals surface area contributed by atoms with Crippen LogP contribution in [0, 0.1) is 0 Å². The minimum Gasteiger partial charge on any atom is -0.450 e. The van der Waals surface area contributed by atoms with Crippen molar-refractivity contribution >= 4 is 13.4 Å². The van der Waals surface area contributed by atoms with Crippen LogP contribution in [0.15, 0.2) is 25.1 Å². The quantitative estimate of drug-likeness (QED) is 0.441. The second-order valence-corrected chi connectivity index (χ2v) is 3.29. The third-order valence-corrected chi connectivity index (χ3v) is 1.34. The number of rotatable bonds is 1. The summed E-state index contributed by atoms with van der Waals surface area (Å²) in [6.45, 7) is 9.57. The van der Waals surface area contributed by atoms with Crippen LogP contribution in [0.5, 0.6) is 0 Å². The molecule has 0 radical (unpaired) electrons. The molecule has 120 valence electrons. The molecule has 1 aliphatic rings. The fourth-order valence-electron chi connectivity index (χ4n) is 0.794. The molecule has 0 saturated heterocycles. The predicted molar refractivity (Wildman–Crippen MR) is 70.9 cm³/mol. The van der Waals surface area contributed by atoms with Crippen molar-refractivity contribution in [2.45, 2.75) is 13.8 Å². The Labute approximate surface area is 115 Å². The second kappa shape index (κ2) is 13.6. The van der Waals surface area contributed by atoms with E-state index in [1.807, 2.05) is 6.92 Å². The number of allylic oxidation sites excluding steroid dienone is 1. The Bertz CT molecular complexity index is 278. The fourth-order valence-corrected chi connectivity index (χ4v) is 0.794. The Morgan fingerprint density at radius 1 is 1.35 bits per heavy atom. The van der Waals surface area contributed by atoms with Gasteiger partial charge in [-0.05, 0) is 13.8 Å². The summed E-state index contributed by atoms with van der Waals surface area (Å²) in [7, 11) is -3.92. The van der Waals surface area contributed by atoms with Gasteiger partial charge in [0.2, 0.25) is 0 Å². The zero-order valence-electron chi connectivity index (χ0n) is 11.6. The average molecular weight is 303 g/mol. The van der Waals surface area contributed by atoms with Gasteiger partial charge in [-0.2, -0.15) is 0 Å². The van der Waals surface area contributed by atoms with Crippen LogP contribution in [-0.2, 0) is 0 Å². The molecule has 1 aliphatic heterocycles. The van der Waals surface area contributed by atoms with Crippen molar-refractivity contribution in [3.05, 3.63) is 25.1 Å². The van der Waals surface area contributed by atoms with E-state index >= 15 is 0 Å². The standard InChI is InChI=1S/C6H12N2.C3H6.CH2O3.BF4/c1-3-8-5-4-7(2)6-8;1-3-2;2-1(3)4;2-1(3,4)5/h4-5H,3,6H2,1-2H3;3H,1H2,2H3;(H2,2,3,4);/q;;;-1. The van der Waals surface area contributed by atoms with Gasteiger partial charge in [0.05, 0.1) is 6.67 Å². The Morgan fingerprint density at radius 3 is 1.75 bits per heavy atom. The van der Waals surface area contributed by atoms with Gasteiger partial charge in [0.25, 0.3) is 0 Å². The van der Waals surface area contributed by atoms with Crippen LogP contribution in [0.2, 0.25) is 0 Å². The zero-order chi connectivity index (χ0) is 16.8. The maximum absolute atomic E-state index is 9.75. The molecule has 0 aromatic rings. The van der Waals surface area contributed by atoms with Crippen molar-refractivity contribution in [1.82, 2.24) is 9.80 Å². The van der Waals surface area contributed by atoms with Crippen LogP contribution >= 0.6 is 0 Å². The lowest BCUT2D eigenvalue weighted by Gasteiger charge is -2.14. The highest BCUT2D eigenvalue weighted by Gasteiger charge is 2.20. The van der Waals surface area contributed by atoms with E-state index in [0.717, 1.165) is 13.2 Å². The molecule has 0 bridgehead atoms. The van der Waals surface area contributed by atoms with Gasteiger partial charge in [0.1, 0.15) is 0 Å². The molecule has 0 fully saturated rings. The molecule has 10 heteroatoms. The Kier molecular flexibility index (Phi) is 15.8. The summed E-state index contributed by atoms with van der Waals surface area (Å²) in [5, 5.41) is 13.9. The summed E-state index contributed by atoms with van der Waals surface area (Å²) >= 11 is 0. The number of carboxylic acid groups (broad SMARTS) is 2. The van der Waals surface area contributed by atoms with Gasteiger partial charge in [0, 0.05) is 26.0 Å². The van der Waals surface area contributed by atoms with Gasteiger partial charge in [-0.1, -0.05) is 6.08 Å². The van der Waals surface area contributed by atoms with Crippen LogP contribution in [-0.4, -0.2) is 53.7 Å². The molecule has 0 atom stereocenters. The molecule has 1 heterocycles. The van der Waals surface area contributed by atoms with Crippen LogP contribution in [0.25, 0.3) is 0 Å². The largest absolute Gasteiger partial charge is 0.673 e. The summed E-state index contributed by atoms with van der Waals surface area (Å²) in [5.74, 6) is 0. The van der Waals surface area contributed by atoms with Crippen molar-refractivity contribution in [3.63, 3.8) is 0 Å². The van der Waals surface area contributed by atoms with Gasteiger partial charge < -0.3 is 37.3 Å². The van der Waals surface area contributed by atoms with E-state index in [2.05, 4.69) is 42.8 Å². The monoisotopic (exact) mass is 303 g/mol. The van der Waals surface area contributed by atoms with Crippen molar-refractivity contribution in [2.75, 3.05) is 20.3 Å². The average Bonchev–Trinajstić information content (AvgIpc) is 2.62. The van der Waals surface area contributed by atoms with Gasteiger partial charge in [0.15, 0.2) is 0 Å². The Balaban J connectivity index is -0.000000211. The predicted octanol–water partition coefficient (Wildman–Crippen LogP) is 3.40. The zero-order valence-corrected chi connectivity index (χ0v) is 11.6. The first kappa shape index (κ1) is 23.2. The number of halogens is 4. The second-order valence-electron chi connectivity index (χ2n) is 3.29. The molecule has 0 unspecified atom stereocenters. The lowest BCUT2D eigenvalue weighted by Crippen LogP contribution is -2.21. The highest BCUT2D eigenvalue weighted by atomic mass is 19.5. The van der Waals surface area contributed by atoms with Gasteiger partial charge >= 0.3 is 13.4 Å². The first-order valence-corrected chi connectivity index (χ1v) is 5.46. The SMILES string of the molecule is C=CC.CCN1C=CN(C)C1.F[B-](F)(F)F.O=C(O)O. The summed E-state index contributed by atoms with van der Waals surface area (Å²) in [6.07, 6.45) is 4.11. The molecular weight excluding hydrogens is 283 g/mol. The number of hydrogen-bond acceptors (Lipinski definition) is 3. The minimum atomic E-state index is -6.00. The highest BCUT2D eigenvalue weighted by molar-refractivity contribution is 6.50. The lowest BCUT2D eigenvalue weighted by atomic mass is 10.3. The Hall–Kier alpha value is -1.87. The van der Waals surface area contributed by atoms with Crippen molar-refractivity contribution in [2.24, 2.45) is 0 Å². The van der Waals surface area contributed by atoms with Crippen molar-refractivity contribution in [3.8, 4) is 0 Å². The summed E-state index contributed by atoms with van der Waals surface area (Å²) in [5.41, 5.74) is 0. The number of nitrogens with zero attached hydrogens (tertiary/aromatic N) is 2. The third kappa shape index (κ3) is 44.3. The van der Waals surface area contributed by atoms with E-state index in [4.69, 9.17) is 15.0 Å². The van der Waals surface area contributed by atoms with Crippen LogP contribution < -0.4 is 0 Å². The van der Waals surface area contributed by atoms with E-state index in [1.54, 1.807) is 6.08 Å². The minimum absolute atomic E-state index is 1.05. The van der Waals surface area contributed by atoms with Gasteiger partial charge in [-0.3, -0.25) is 0 Å². The molecule has 0 spiro atoms. The molecule has 0 aliphatic carbocycles. The molecule has 5 nitrogen and oxygen atoms in total. The topological polar surface area (TPSA) is 64.0 Å². The lowest BCUT2D eigenvalue weighted by molar-refractivity contribution is 0.137. The number of hydrogen-bond donors (Lipinski definition) is 2. The van der Waals surface area contributed by atoms with E-state index in [1.165, 1.54) is 0 Å². The van der Waals surface area contributed by atoms with E-state index in [9.17, 15) is 17.3 Å². The molecule has 0 aromatic carbocycles. The van der Waals surface area contributed by atoms with E-state index < -0.39 is 13.4 Å². The smallest absolute Gasteiger partial charge is 0.450 e. The summed E-state index contributed by atoms with van der Waals surface area (Å²) in [6, 6.07) is 0. The van der Waals surface area contributed by atoms with Crippen LogP contribution in [0.1, 0.15) is 13.8 Å². The van der Waals surface area contributed by atoms with Crippen molar-refractivity contribution in [1.29, 1.82) is 0 Å². The first-order chi connectivity index (χ1) is 8.97. The van der Waals surface area contributed by atoms with E-state index in [0.29, 0.717) is 0 Å². The first-order valence-electron chi connectivity index (χ1n) is 5.46. The summed E-state index contributed by atoms with van der Waals surface area (Å²) in [4.78, 5) is 13.0. The maximum atomic E-state index is 9.75. The Morgan fingerprint density at radius 2 is 1.65 bits per heavy atom. The molecule has 0 amide bonds. The van der Waals surface area contributed by atoms with E-state index in [-0.39, 0.29) is 0 Å². The number of carbonyl (C=O) groups is 1. The third-order valence-electron chi connectivity index (χ3n) is 1.34. The normalized spacial score (nSPS) is 12.2. The molecule has 1 rings (SSSR count). The summed E-state index contributed by atoms with van der Waals surface area (Å²) < 4.78 is 39.0. The highest BCUT2D eigenvalue weighted by Crippen LogP contribution is 2.06. The van der Waals surface area contributed by atoms with Crippen LogP contribution in [0.4, 0.5) is 22.1 Å². The van der Waals surface area contributed by atoms with Gasteiger partial charge in [-0.25, -0.2) is 4.79 Å². The van der Waals surface area contributed by atoms with Crippen LogP contribution in [0.3, 0.4) is 0 Å². The molecule has 0 saturated carbocycles. The fraction of sp³-hybridized carbons (Fsp3) is 0.500. The van der Waals surface area contributed by atoms with Gasteiger partial charge in [-0.15, -0.1) is 6.58 Å². The molecule has 2 N–H and O–H groups in total.